The Hall–Kier alpha value is -1.60. The number of rotatable bonds is 5. The molecule has 1 atom stereocenters. The van der Waals surface area contributed by atoms with E-state index in [2.05, 4.69) is 5.32 Å². The first-order chi connectivity index (χ1) is 9.36. The summed E-state index contributed by atoms with van der Waals surface area (Å²) in [4.78, 5) is 11.7. The molecule has 0 bridgehead atoms. The first-order valence-corrected chi connectivity index (χ1v) is 8.13. The molecule has 0 spiro atoms. The lowest BCUT2D eigenvalue weighted by atomic mass is 10.1. The number of hydrogen-bond acceptors (Lipinski definition) is 4. The van der Waals surface area contributed by atoms with Crippen LogP contribution >= 0.6 is 0 Å². The van der Waals surface area contributed by atoms with E-state index in [1.165, 1.54) is 7.05 Å². The molecule has 7 heteroatoms. The molecule has 1 aromatic rings. The number of benzene rings is 1. The molecule has 2 rings (SSSR count). The van der Waals surface area contributed by atoms with Gasteiger partial charge in [-0.05, 0) is 11.6 Å². The third-order valence-corrected chi connectivity index (χ3v) is 4.43. The minimum Gasteiger partial charge on any atom is -0.488 e. The van der Waals surface area contributed by atoms with E-state index in [-0.39, 0.29) is 18.6 Å². The molecule has 1 aliphatic heterocycles. The van der Waals surface area contributed by atoms with E-state index in [4.69, 9.17) is 4.74 Å². The van der Waals surface area contributed by atoms with Crippen LogP contribution in [0.2, 0.25) is 0 Å². The van der Waals surface area contributed by atoms with Gasteiger partial charge in [-0.3, -0.25) is 4.79 Å². The van der Waals surface area contributed by atoms with E-state index in [0.717, 1.165) is 28.3 Å². The number of nitrogens with zero attached hydrogens (tertiary/aromatic N) is 1. The fraction of sp³-hybridized carbons (Fsp3) is 0.462. The standard InChI is InChI=1S/C13H18N2O4S/c1-15(20(2,17)18)9-13(16)14-8-11-7-10-5-3-4-6-12(10)19-11/h3-6,11H,7-9H2,1-2H3,(H,14,16)/t11-/m0/s1. The highest BCUT2D eigenvalue weighted by atomic mass is 32.2. The maximum atomic E-state index is 11.7. The van der Waals surface area contributed by atoms with Crippen molar-refractivity contribution in [3.8, 4) is 5.75 Å². The number of ether oxygens (including phenoxy) is 1. The molecule has 6 nitrogen and oxygen atoms in total. The summed E-state index contributed by atoms with van der Waals surface area (Å²) in [6.45, 7) is 0.184. The van der Waals surface area contributed by atoms with E-state index in [1.54, 1.807) is 0 Å². The highest BCUT2D eigenvalue weighted by Crippen LogP contribution is 2.27. The molecular formula is C13H18N2O4S. The first-order valence-electron chi connectivity index (χ1n) is 6.29. The lowest BCUT2D eigenvalue weighted by Crippen LogP contribution is -2.41. The van der Waals surface area contributed by atoms with Gasteiger partial charge in [0.05, 0.1) is 19.3 Å². The Balaban J connectivity index is 1.79. The molecule has 20 heavy (non-hydrogen) atoms. The van der Waals surface area contributed by atoms with Crippen molar-refractivity contribution in [2.24, 2.45) is 0 Å². The minimum atomic E-state index is -3.34. The maximum Gasteiger partial charge on any atom is 0.235 e. The number of hydrogen-bond donors (Lipinski definition) is 1. The van der Waals surface area contributed by atoms with E-state index in [1.807, 2.05) is 24.3 Å². The van der Waals surface area contributed by atoms with Crippen LogP contribution in [0.4, 0.5) is 0 Å². The number of para-hydroxylation sites is 1. The number of fused-ring (bicyclic) bond motifs is 1. The highest BCUT2D eigenvalue weighted by molar-refractivity contribution is 7.88. The fourth-order valence-electron chi connectivity index (χ4n) is 1.97. The number of sulfonamides is 1. The number of carbonyl (C=O) groups is 1. The molecule has 1 heterocycles. The van der Waals surface area contributed by atoms with Crippen molar-refractivity contribution in [3.63, 3.8) is 0 Å². The molecule has 0 radical (unpaired) electrons. The van der Waals surface area contributed by atoms with Crippen molar-refractivity contribution in [2.75, 3.05) is 26.4 Å². The molecule has 0 fully saturated rings. The van der Waals surface area contributed by atoms with E-state index >= 15 is 0 Å². The topological polar surface area (TPSA) is 75.7 Å². The molecule has 0 saturated heterocycles. The second kappa shape index (κ2) is 5.80. The van der Waals surface area contributed by atoms with Crippen LogP contribution in [0.3, 0.4) is 0 Å². The Morgan fingerprint density at radius 1 is 1.45 bits per heavy atom. The zero-order valence-electron chi connectivity index (χ0n) is 11.5. The van der Waals surface area contributed by atoms with E-state index in [0.29, 0.717) is 6.54 Å². The van der Waals surface area contributed by atoms with Crippen LogP contribution in [0.15, 0.2) is 24.3 Å². The summed E-state index contributed by atoms with van der Waals surface area (Å²) in [6, 6.07) is 7.74. The van der Waals surface area contributed by atoms with Gasteiger partial charge in [-0.2, -0.15) is 4.31 Å². The van der Waals surface area contributed by atoms with E-state index in [9.17, 15) is 13.2 Å². The van der Waals surface area contributed by atoms with Crippen LogP contribution in [-0.4, -0.2) is 51.1 Å². The van der Waals surface area contributed by atoms with Crippen molar-refractivity contribution in [1.82, 2.24) is 9.62 Å². The number of amides is 1. The summed E-state index contributed by atoms with van der Waals surface area (Å²) < 4.78 is 29.1. The zero-order chi connectivity index (χ0) is 14.8. The largest absolute Gasteiger partial charge is 0.488 e. The summed E-state index contributed by atoms with van der Waals surface area (Å²) >= 11 is 0. The van der Waals surface area contributed by atoms with Crippen molar-refractivity contribution in [2.45, 2.75) is 12.5 Å². The predicted molar refractivity (Wildman–Crippen MR) is 75.0 cm³/mol. The van der Waals surface area contributed by atoms with Gasteiger partial charge in [0.2, 0.25) is 15.9 Å². The molecular weight excluding hydrogens is 280 g/mol. The van der Waals surface area contributed by atoms with Gasteiger partial charge in [0.25, 0.3) is 0 Å². The molecule has 0 aliphatic carbocycles. The average molecular weight is 298 g/mol. The van der Waals surface area contributed by atoms with Gasteiger partial charge in [0, 0.05) is 13.5 Å². The van der Waals surface area contributed by atoms with Gasteiger partial charge in [0.1, 0.15) is 11.9 Å². The Morgan fingerprint density at radius 2 is 2.15 bits per heavy atom. The van der Waals surface area contributed by atoms with Crippen molar-refractivity contribution < 1.29 is 17.9 Å². The molecule has 1 aliphatic rings. The van der Waals surface area contributed by atoms with Crippen LogP contribution in [-0.2, 0) is 21.2 Å². The molecule has 1 amide bonds. The first kappa shape index (κ1) is 14.8. The summed E-state index contributed by atoms with van der Waals surface area (Å²) in [5.74, 6) is 0.512. The van der Waals surface area contributed by atoms with Crippen LogP contribution in [0.1, 0.15) is 5.56 Å². The molecule has 0 unspecified atom stereocenters. The minimum absolute atomic E-state index is 0.0973. The van der Waals surface area contributed by atoms with E-state index < -0.39 is 10.0 Å². The second-order valence-corrected chi connectivity index (χ2v) is 6.96. The lowest BCUT2D eigenvalue weighted by molar-refractivity contribution is -0.121. The second-order valence-electron chi connectivity index (χ2n) is 4.87. The lowest BCUT2D eigenvalue weighted by Gasteiger charge is -2.15. The Morgan fingerprint density at radius 3 is 2.80 bits per heavy atom. The van der Waals surface area contributed by atoms with Gasteiger partial charge >= 0.3 is 0 Å². The quantitative estimate of drug-likeness (QED) is 0.830. The van der Waals surface area contributed by atoms with Crippen molar-refractivity contribution in [3.05, 3.63) is 29.8 Å². The monoisotopic (exact) mass is 298 g/mol. The normalized spacial score (nSPS) is 17.6. The Kier molecular flexibility index (Phi) is 4.29. The third kappa shape index (κ3) is 3.71. The van der Waals surface area contributed by atoms with Gasteiger partial charge in [-0.15, -0.1) is 0 Å². The van der Waals surface area contributed by atoms with Crippen LogP contribution in [0.25, 0.3) is 0 Å². The fourth-order valence-corrected chi connectivity index (χ4v) is 2.32. The van der Waals surface area contributed by atoms with Crippen LogP contribution < -0.4 is 10.1 Å². The average Bonchev–Trinajstić information content (AvgIpc) is 2.78. The van der Waals surface area contributed by atoms with Gasteiger partial charge in [-0.1, -0.05) is 18.2 Å². The molecule has 1 aromatic carbocycles. The van der Waals surface area contributed by atoms with Crippen molar-refractivity contribution >= 4 is 15.9 Å². The predicted octanol–water partition coefficient (Wildman–Crippen LogP) is -0.00230. The Bertz CT molecular complexity index is 575. The van der Waals surface area contributed by atoms with Crippen molar-refractivity contribution in [1.29, 1.82) is 0 Å². The van der Waals surface area contributed by atoms with Gasteiger partial charge in [-0.25, -0.2) is 8.42 Å². The number of likely N-dealkylation sites (N-methyl/N-ethyl adjacent to an activating group) is 1. The SMILES string of the molecule is CN(CC(=O)NC[C@@H]1Cc2ccccc2O1)S(C)(=O)=O. The van der Waals surface area contributed by atoms with Crippen LogP contribution in [0, 0.1) is 0 Å². The number of nitrogens with one attached hydrogen (secondary N) is 1. The third-order valence-electron chi connectivity index (χ3n) is 3.17. The zero-order valence-corrected chi connectivity index (χ0v) is 12.3. The smallest absolute Gasteiger partial charge is 0.235 e. The summed E-state index contributed by atoms with van der Waals surface area (Å²) in [5.41, 5.74) is 1.13. The van der Waals surface area contributed by atoms with Crippen LogP contribution in [0.5, 0.6) is 5.75 Å². The maximum absolute atomic E-state index is 11.7. The molecule has 0 aromatic heterocycles. The summed E-state index contributed by atoms with van der Waals surface area (Å²) in [5, 5.41) is 2.69. The molecule has 110 valence electrons. The van der Waals surface area contributed by atoms with Gasteiger partial charge < -0.3 is 10.1 Å². The summed E-state index contributed by atoms with van der Waals surface area (Å²) in [7, 11) is -1.97. The van der Waals surface area contributed by atoms with Gasteiger partial charge in [0.15, 0.2) is 0 Å². The highest BCUT2D eigenvalue weighted by Gasteiger charge is 2.23. The number of carbonyl (C=O) groups excluding carboxylic acids is 1. The summed E-state index contributed by atoms with van der Waals surface area (Å²) in [6.07, 6.45) is 1.72. The Labute approximate surface area is 118 Å². The molecule has 0 saturated carbocycles. The molecule has 1 N–H and O–H groups in total.